The standard InChI is InChI=1S/C17H26ClN5OS/c1-11(2)23-16(12(18)10-19-23)14-9-15-13(7-6-8-22(15)20-14)21-25(24)17(3,4)5/h9-11,13,21H,6-8H2,1-5H3. The number of hydrogen-bond acceptors (Lipinski definition) is 3. The SMILES string of the molecule is CC(C)n1ncc(Cl)c1-c1cc2n(n1)CCCC2NS(=O)C(C)(C)C. The second-order valence-corrected chi connectivity index (χ2v) is 10.2. The maximum atomic E-state index is 12.5. The molecule has 2 aromatic rings. The van der Waals surface area contributed by atoms with Gasteiger partial charge in [-0.05, 0) is 53.5 Å². The summed E-state index contributed by atoms with van der Waals surface area (Å²) >= 11 is 6.37. The van der Waals surface area contributed by atoms with Crippen molar-refractivity contribution in [3.8, 4) is 11.4 Å². The summed E-state index contributed by atoms with van der Waals surface area (Å²) in [5.41, 5.74) is 2.72. The van der Waals surface area contributed by atoms with E-state index in [1.807, 2.05) is 30.1 Å². The number of rotatable bonds is 4. The topological polar surface area (TPSA) is 64.7 Å². The van der Waals surface area contributed by atoms with Crippen LogP contribution in [0.4, 0.5) is 0 Å². The predicted octanol–water partition coefficient (Wildman–Crippen LogP) is 3.87. The van der Waals surface area contributed by atoms with Crippen molar-refractivity contribution in [3.63, 3.8) is 0 Å². The lowest BCUT2D eigenvalue weighted by atomic mass is 10.0. The van der Waals surface area contributed by atoms with Crippen molar-refractivity contribution < 1.29 is 4.21 Å². The fourth-order valence-corrected chi connectivity index (χ4v) is 4.07. The first kappa shape index (κ1) is 18.6. The first-order valence-electron chi connectivity index (χ1n) is 8.67. The predicted molar refractivity (Wildman–Crippen MR) is 102 cm³/mol. The maximum Gasteiger partial charge on any atom is 0.112 e. The van der Waals surface area contributed by atoms with Crippen LogP contribution in [0.15, 0.2) is 12.3 Å². The number of hydrogen-bond donors (Lipinski definition) is 1. The smallest absolute Gasteiger partial charge is 0.112 e. The van der Waals surface area contributed by atoms with Crippen molar-refractivity contribution in [2.45, 2.75) is 70.8 Å². The molecule has 0 radical (unpaired) electrons. The Morgan fingerprint density at radius 2 is 2.12 bits per heavy atom. The molecule has 138 valence electrons. The Labute approximate surface area is 156 Å². The number of nitrogens with one attached hydrogen (secondary N) is 1. The fourth-order valence-electron chi connectivity index (χ4n) is 3.00. The van der Waals surface area contributed by atoms with Gasteiger partial charge in [0.25, 0.3) is 0 Å². The number of halogens is 1. The lowest BCUT2D eigenvalue weighted by Crippen LogP contribution is -2.37. The van der Waals surface area contributed by atoms with Crippen molar-refractivity contribution in [2.75, 3.05) is 0 Å². The molecule has 0 aliphatic carbocycles. The highest BCUT2D eigenvalue weighted by Gasteiger charge is 2.29. The Morgan fingerprint density at radius 3 is 2.76 bits per heavy atom. The summed E-state index contributed by atoms with van der Waals surface area (Å²) in [7, 11) is -1.12. The molecular weight excluding hydrogens is 358 g/mol. The van der Waals surface area contributed by atoms with Gasteiger partial charge in [0, 0.05) is 12.6 Å². The van der Waals surface area contributed by atoms with E-state index in [1.165, 1.54) is 0 Å². The molecule has 2 aromatic heterocycles. The molecule has 3 rings (SSSR count). The quantitative estimate of drug-likeness (QED) is 0.871. The zero-order chi connectivity index (χ0) is 18.4. The molecule has 3 heterocycles. The second-order valence-electron chi connectivity index (χ2n) is 7.75. The van der Waals surface area contributed by atoms with E-state index in [1.54, 1.807) is 6.20 Å². The summed E-state index contributed by atoms with van der Waals surface area (Å²) in [6, 6.07) is 2.28. The minimum absolute atomic E-state index is 0.0317. The molecule has 25 heavy (non-hydrogen) atoms. The molecule has 6 nitrogen and oxygen atoms in total. The third-order valence-electron chi connectivity index (χ3n) is 4.32. The van der Waals surface area contributed by atoms with Crippen LogP contribution in [0.1, 0.15) is 65.2 Å². The van der Waals surface area contributed by atoms with Crippen molar-refractivity contribution in [2.24, 2.45) is 0 Å². The molecule has 0 aromatic carbocycles. The highest BCUT2D eigenvalue weighted by molar-refractivity contribution is 7.84. The summed E-state index contributed by atoms with van der Waals surface area (Å²) in [6.07, 6.45) is 3.62. The summed E-state index contributed by atoms with van der Waals surface area (Å²) in [6.45, 7) is 10.9. The van der Waals surface area contributed by atoms with Crippen LogP contribution in [0.3, 0.4) is 0 Å². The average molecular weight is 384 g/mol. The summed E-state index contributed by atoms with van der Waals surface area (Å²) in [4.78, 5) is 0. The molecular formula is C17H26ClN5OS. The zero-order valence-corrected chi connectivity index (χ0v) is 17.0. The van der Waals surface area contributed by atoms with Gasteiger partial charge in [-0.2, -0.15) is 10.2 Å². The molecule has 0 saturated carbocycles. The Kier molecular flexibility index (Phi) is 5.10. The largest absolute Gasteiger partial charge is 0.267 e. The number of nitrogens with zero attached hydrogens (tertiary/aromatic N) is 4. The number of aryl methyl sites for hydroxylation is 1. The van der Waals surface area contributed by atoms with E-state index in [9.17, 15) is 4.21 Å². The Morgan fingerprint density at radius 1 is 1.40 bits per heavy atom. The van der Waals surface area contributed by atoms with Crippen LogP contribution in [-0.2, 0) is 17.5 Å². The molecule has 1 aliphatic heterocycles. The van der Waals surface area contributed by atoms with Gasteiger partial charge in [-0.3, -0.25) is 9.36 Å². The van der Waals surface area contributed by atoms with Crippen LogP contribution in [0.25, 0.3) is 11.4 Å². The number of fused-ring (bicyclic) bond motifs is 1. The van der Waals surface area contributed by atoms with Gasteiger partial charge < -0.3 is 0 Å². The van der Waals surface area contributed by atoms with Gasteiger partial charge in [0.2, 0.25) is 0 Å². The molecule has 0 amide bonds. The van der Waals surface area contributed by atoms with Gasteiger partial charge in [-0.25, -0.2) is 8.93 Å². The van der Waals surface area contributed by atoms with Crippen LogP contribution in [0.2, 0.25) is 5.02 Å². The summed E-state index contributed by atoms with van der Waals surface area (Å²) in [5.74, 6) is 0. The molecule has 8 heteroatoms. The Bertz CT molecular complexity index is 790. The van der Waals surface area contributed by atoms with Crippen LogP contribution in [-0.4, -0.2) is 28.5 Å². The van der Waals surface area contributed by atoms with Crippen LogP contribution in [0.5, 0.6) is 0 Å². The first-order chi connectivity index (χ1) is 11.7. The van der Waals surface area contributed by atoms with E-state index in [0.29, 0.717) is 5.02 Å². The summed E-state index contributed by atoms with van der Waals surface area (Å²) in [5, 5.41) is 9.72. The summed E-state index contributed by atoms with van der Waals surface area (Å²) < 4.78 is 19.4. The van der Waals surface area contributed by atoms with E-state index < -0.39 is 11.0 Å². The lowest BCUT2D eigenvalue weighted by Gasteiger charge is -2.27. The van der Waals surface area contributed by atoms with E-state index in [4.69, 9.17) is 16.7 Å². The normalized spacial score (nSPS) is 19.2. The third-order valence-corrected chi connectivity index (χ3v) is 6.21. The van der Waals surface area contributed by atoms with Gasteiger partial charge in [-0.15, -0.1) is 0 Å². The highest BCUT2D eigenvalue weighted by atomic mass is 35.5. The average Bonchev–Trinajstić information content (AvgIpc) is 3.09. The van der Waals surface area contributed by atoms with Gasteiger partial charge in [-0.1, -0.05) is 11.6 Å². The van der Waals surface area contributed by atoms with Gasteiger partial charge >= 0.3 is 0 Å². The molecule has 0 spiro atoms. The third kappa shape index (κ3) is 3.68. The van der Waals surface area contributed by atoms with Crippen molar-refractivity contribution in [3.05, 3.63) is 23.0 Å². The Hall–Kier alpha value is -1.18. The molecule has 1 N–H and O–H groups in total. The molecule has 0 bridgehead atoms. The number of aromatic nitrogens is 4. The molecule has 0 saturated heterocycles. The maximum absolute atomic E-state index is 12.5. The van der Waals surface area contributed by atoms with E-state index >= 15 is 0 Å². The molecule has 0 fully saturated rings. The van der Waals surface area contributed by atoms with Crippen molar-refractivity contribution in [1.29, 1.82) is 0 Å². The molecule has 2 atom stereocenters. The Balaban J connectivity index is 1.96. The molecule has 2 unspecified atom stereocenters. The van der Waals surface area contributed by atoms with Crippen LogP contribution in [0, 0.1) is 0 Å². The van der Waals surface area contributed by atoms with Gasteiger partial charge in [0.1, 0.15) is 11.4 Å². The van der Waals surface area contributed by atoms with Gasteiger partial charge in [0.15, 0.2) is 0 Å². The minimum atomic E-state index is -1.12. The zero-order valence-electron chi connectivity index (χ0n) is 15.4. The second kappa shape index (κ2) is 6.85. The highest BCUT2D eigenvalue weighted by Crippen LogP contribution is 2.34. The minimum Gasteiger partial charge on any atom is -0.267 e. The van der Waals surface area contributed by atoms with Crippen LogP contribution >= 0.6 is 11.6 Å². The first-order valence-corrected chi connectivity index (χ1v) is 10.2. The van der Waals surface area contributed by atoms with Crippen molar-refractivity contribution in [1.82, 2.24) is 24.3 Å². The monoisotopic (exact) mass is 383 g/mol. The van der Waals surface area contributed by atoms with E-state index in [-0.39, 0.29) is 16.8 Å². The molecule has 1 aliphatic rings. The van der Waals surface area contributed by atoms with E-state index in [0.717, 1.165) is 36.5 Å². The van der Waals surface area contributed by atoms with Crippen LogP contribution < -0.4 is 4.72 Å². The van der Waals surface area contributed by atoms with Crippen molar-refractivity contribution >= 4 is 22.6 Å². The van der Waals surface area contributed by atoms with Gasteiger partial charge in [0.05, 0.1) is 38.7 Å². The fraction of sp³-hybridized carbons (Fsp3) is 0.647. The van der Waals surface area contributed by atoms with E-state index in [2.05, 4.69) is 29.7 Å². The lowest BCUT2D eigenvalue weighted by molar-refractivity contribution is 0.411.